The second-order valence-corrected chi connectivity index (χ2v) is 6.79. The lowest BCUT2D eigenvalue weighted by molar-refractivity contribution is -0.142. The Morgan fingerprint density at radius 2 is 2.20 bits per heavy atom. The lowest BCUT2D eigenvalue weighted by Crippen LogP contribution is -2.54. The molecule has 2 aliphatic rings. The summed E-state index contributed by atoms with van der Waals surface area (Å²) in [4.78, 5) is 27.4. The van der Waals surface area contributed by atoms with Crippen molar-refractivity contribution < 1.29 is 19.4 Å². The van der Waals surface area contributed by atoms with Crippen LogP contribution in [0.2, 0.25) is 0 Å². The lowest BCUT2D eigenvalue weighted by atomic mass is 10.0. The van der Waals surface area contributed by atoms with E-state index in [1.165, 1.54) is 0 Å². The van der Waals surface area contributed by atoms with Gasteiger partial charge < -0.3 is 19.6 Å². The van der Waals surface area contributed by atoms with Gasteiger partial charge >= 0.3 is 12.0 Å². The number of rotatable bonds is 3. The largest absolute Gasteiger partial charge is 0.481 e. The average molecular weight is 302 g/mol. The number of thioether (sulfide) groups is 1. The second kappa shape index (κ2) is 6.67. The van der Waals surface area contributed by atoms with Gasteiger partial charge in [0.05, 0.1) is 19.3 Å². The molecular formula is C13H22N2O4S. The van der Waals surface area contributed by atoms with Crippen LogP contribution in [0.1, 0.15) is 13.8 Å². The van der Waals surface area contributed by atoms with E-state index < -0.39 is 11.9 Å². The van der Waals surface area contributed by atoms with Gasteiger partial charge in [0.1, 0.15) is 5.92 Å². The quantitative estimate of drug-likeness (QED) is 0.841. The van der Waals surface area contributed by atoms with Crippen LogP contribution in [0.4, 0.5) is 4.79 Å². The molecule has 0 saturated carbocycles. The Kier molecular flexibility index (Phi) is 5.15. The summed E-state index contributed by atoms with van der Waals surface area (Å²) in [5, 5.41) is 9.66. The molecule has 2 amide bonds. The molecule has 0 radical (unpaired) electrons. The number of aliphatic carboxylic acids is 1. The molecule has 0 aliphatic carbocycles. The first-order valence-corrected chi connectivity index (χ1v) is 8.07. The predicted octanol–water partition coefficient (Wildman–Crippen LogP) is 0.965. The zero-order chi connectivity index (χ0) is 14.7. The lowest BCUT2D eigenvalue weighted by Gasteiger charge is -2.37. The molecule has 0 aromatic rings. The van der Waals surface area contributed by atoms with Crippen LogP contribution >= 0.6 is 11.8 Å². The number of carbonyl (C=O) groups excluding carboxylic acids is 1. The third-order valence-corrected chi connectivity index (χ3v) is 5.00. The van der Waals surface area contributed by atoms with Gasteiger partial charge in [-0.05, 0) is 6.92 Å². The number of carbonyl (C=O) groups is 2. The summed E-state index contributed by atoms with van der Waals surface area (Å²) in [6, 6.07) is -0.406. The second-order valence-electron chi connectivity index (χ2n) is 5.25. The number of hydrogen-bond donors (Lipinski definition) is 1. The van der Waals surface area contributed by atoms with E-state index in [1.54, 1.807) is 4.90 Å². The van der Waals surface area contributed by atoms with Gasteiger partial charge in [0.15, 0.2) is 0 Å². The number of ether oxygens (including phenoxy) is 1. The minimum absolute atomic E-state index is 0.0543. The molecule has 1 N–H and O–H groups in total. The molecule has 20 heavy (non-hydrogen) atoms. The zero-order valence-electron chi connectivity index (χ0n) is 11.9. The fraction of sp³-hybridized carbons (Fsp3) is 0.846. The molecule has 0 aromatic heterocycles. The van der Waals surface area contributed by atoms with Crippen molar-refractivity contribution in [1.82, 2.24) is 9.80 Å². The third-order valence-electron chi connectivity index (χ3n) is 3.87. The summed E-state index contributed by atoms with van der Waals surface area (Å²) >= 11 is 1.87. The summed E-state index contributed by atoms with van der Waals surface area (Å²) in [5.74, 6) is -0.564. The van der Waals surface area contributed by atoms with Gasteiger partial charge in [-0.3, -0.25) is 4.79 Å². The summed E-state index contributed by atoms with van der Waals surface area (Å²) in [5.41, 5.74) is 0. The van der Waals surface area contributed by atoms with Crippen molar-refractivity contribution in [2.45, 2.75) is 25.1 Å². The fourth-order valence-corrected chi connectivity index (χ4v) is 3.78. The van der Waals surface area contributed by atoms with Gasteiger partial charge in [0, 0.05) is 30.6 Å². The minimum atomic E-state index is -0.888. The molecule has 2 saturated heterocycles. The Labute approximate surface area is 123 Å². The van der Waals surface area contributed by atoms with E-state index in [9.17, 15) is 14.7 Å². The number of carboxylic acid groups (broad SMARTS) is 1. The summed E-state index contributed by atoms with van der Waals surface area (Å²) < 4.78 is 5.28. The van der Waals surface area contributed by atoms with Crippen LogP contribution in [0.5, 0.6) is 0 Å². The van der Waals surface area contributed by atoms with E-state index >= 15 is 0 Å². The maximum atomic E-state index is 12.6. The Bertz CT molecular complexity index is 379. The molecule has 6 nitrogen and oxygen atoms in total. The fourth-order valence-electron chi connectivity index (χ4n) is 2.77. The highest BCUT2D eigenvalue weighted by molar-refractivity contribution is 7.99. The van der Waals surface area contributed by atoms with Crippen LogP contribution in [0.3, 0.4) is 0 Å². The minimum Gasteiger partial charge on any atom is -0.481 e. The monoisotopic (exact) mass is 302 g/mol. The highest BCUT2D eigenvalue weighted by Crippen LogP contribution is 2.24. The van der Waals surface area contributed by atoms with Gasteiger partial charge in [-0.1, -0.05) is 6.92 Å². The summed E-state index contributed by atoms with van der Waals surface area (Å²) in [7, 11) is 0. The number of hydrogen-bond acceptors (Lipinski definition) is 4. The zero-order valence-corrected chi connectivity index (χ0v) is 12.8. The Morgan fingerprint density at radius 3 is 2.80 bits per heavy atom. The standard InChI is InChI=1S/C13H22N2O4S/c1-3-15(11-8-19-7-10(11)12(16)17)13(18)14-4-5-20-9(2)6-14/h9-11H,3-8H2,1-2H3,(H,16,17). The molecule has 3 unspecified atom stereocenters. The van der Waals surface area contributed by atoms with Gasteiger partial charge in [0.2, 0.25) is 0 Å². The van der Waals surface area contributed by atoms with Crippen molar-refractivity contribution in [2.24, 2.45) is 5.92 Å². The van der Waals surface area contributed by atoms with E-state index in [0.717, 1.165) is 18.8 Å². The summed E-state index contributed by atoms with van der Waals surface area (Å²) in [6.07, 6.45) is 0. The van der Waals surface area contributed by atoms with Crippen LogP contribution in [0, 0.1) is 5.92 Å². The SMILES string of the molecule is CCN(C(=O)N1CCSC(C)C1)C1COCC1C(=O)O. The first-order valence-electron chi connectivity index (χ1n) is 7.02. The maximum Gasteiger partial charge on any atom is 0.320 e. The molecular weight excluding hydrogens is 280 g/mol. The van der Waals surface area contributed by atoms with Gasteiger partial charge in [-0.2, -0.15) is 11.8 Å². The molecule has 3 atom stereocenters. The van der Waals surface area contributed by atoms with E-state index in [4.69, 9.17) is 4.74 Å². The highest BCUT2D eigenvalue weighted by atomic mass is 32.2. The Hall–Kier alpha value is -0.950. The van der Waals surface area contributed by atoms with Gasteiger partial charge in [-0.15, -0.1) is 0 Å². The molecule has 2 aliphatic heterocycles. The molecule has 0 aromatic carbocycles. The number of carboxylic acids is 1. The number of urea groups is 1. The van der Waals surface area contributed by atoms with Crippen LogP contribution in [0.25, 0.3) is 0 Å². The molecule has 0 spiro atoms. The number of likely N-dealkylation sites (N-methyl/N-ethyl adjacent to an activating group) is 1. The van der Waals surface area contributed by atoms with E-state index in [-0.39, 0.29) is 18.7 Å². The first-order chi connectivity index (χ1) is 9.54. The molecule has 2 heterocycles. The molecule has 0 bridgehead atoms. The number of amides is 2. The van der Waals surface area contributed by atoms with Crippen molar-refractivity contribution in [3.05, 3.63) is 0 Å². The van der Waals surface area contributed by atoms with Crippen molar-refractivity contribution in [3.63, 3.8) is 0 Å². The average Bonchev–Trinajstić information content (AvgIpc) is 2.89. The van der Waals surface area contributed by atoms with Gasteiger partial charge in [0.25, 0.3) is 0 Å². The molecule has 114 valence electrons. The van der Waals surface area contributed by atoms with Crippen LogP contribution in [0.15, 0.2) is 0 Å². The molecule has 2 fully saturated rings. The maximum absolute atomic E-state index is 12.6. The Balaban J connectivity index is 2.06. The molecule has 7 heteroatoms. The van der Waals surface area contributed by atoms with Crippen molar-refractivity contribution in [1.29, 1.82) is 0 Å². The first kappa shape index (κ1) is 15.4. The van der Waals surface area contributed by atoms with Crippen molar-refractivity contribution >= 4 is 23.8 Å². The van der Waals surface area contributed by atoms with E-state index in [1.807, 2.05) is 23.6 Å². The van der Waals surface area contributed by atoms with Crippen LogP contribution < -0.4 is 0 Å². The van der Waals surface area contributed by atoms with E-state index in [0.29, 0.717) is 18.4 Å². The van der Waals surface area contributed by atoms with Crippen LogP contribution in [-0.2, 0) is 9.53 Å². The predicted molar refractivity (Wildman–Crippen MR) is 77.0 cm³/mol. The normalized spacial score (nSPS) is 30.3. The van der Waals surface area contributed by atoms with Gasteiger partial charge in [-0.25, -0.2) is 4.79 Å². The van der Waals surface area contributed by atoms with Crippen molar-refractivity contribution in [3.8, 4) is 0 Å². The number of nitrogens with zero attached hydrogens (tertiary/aromatic N) is 2. The molecule has 2 rings (SSSR count). The highest BCUT2D eigenvalue weighted by Gasteiger charge is 2.41. The van der Waals surface area contributed by atoms with Crippen molar-refractivity contribution in [2.75, 3.05) is 38.6 Å². The smallest absolute Gasteiger partial charge is 0.320 e. The van der Waals surface area contributed by atoms with Crippen LogP contribution in [-0.4, -0.2) is 76.8 Å². The summed E-state index contributed by atoms with van der Waals surface area (Å²) in [6.45, 7) is 6.47. The van der Waals surface area contributed by atoms with E-state index in [2.05, 4.69) is 6.92 Å². The third kappa shape index (κ3) is 3.20. The topological polar surface area (TPSA) is 70.1 Å². The Morgan fingerprint density at radius 1 is 1.45 bits per heavy atom.